The van der Waals surface area contributed by atoms with Crippen molar-refractivity contribution in [2.75, 3.05) is 18.4 Å². The van der Waals surface area contributed by atoms with E-state index in [1.54, 1.807) is 30.1 Å². The summed E-state index contributed by atoms with van der Waals surface area (Å²) < 4.78 is 7.26. The van der Waals surface area contributed by atoms with Gasteiger partial charge in [0.05, 0.1) is 24.1 Å². The van der Waals surface area contributed by atoms with Crippen molar-refractivity contribution in [1.82, 2.24) is 24.6 Å². The molecule has 0 bridgehead atoms. The lowest BCUT2D eigenvalue weighted by molar-refractivity contribution is -0.144. The van der Waals surface area contributed by atoms with Gasteiger partial charge in [-0.3, -0.25) is 9.48 Å². The Morgan fingerprint density at radius 1 is 1.36 bits per heavy atom. The number of aromatic nitrogens is 4. The van der Waals surface area contributed by atoms with Gasteiger partial charge in [-0.25, -0.2) is 9.97 Å². The number of halogens is 1. The highest BCUT2D eigenvalue weighted by Gasteiger charge is 2.25. The van der Waals surface area contributed by atoms with E-state index in [2.05, 4.69) is 20.4 Å². The van der Waals surface area contributed by atoms with Crippen LogP contribution in [0.5, 0.6) is 0 Å². The van der Waals surface area contributed by atoms with Crippen LogP contribution in [0.15, 0.2) is 18.5 Å². The molecule has 1 amide bonds. The highest BCUT2D eigenvalue weighted by atomic mass is 35.5. The normalized spacial score (nSPS) is 20.6. The number of ether oxygens (including phenoxy) is 1. The van der Waals surface area contributed by atoms with E-state index in [0.29, 0.717) is 29.9 Å². The third kappa shape index (κ3) is 4.67. The predicted molar refractivity (Wildman–Crippen MR) is 93.9 cm³/mol. The van der Waals surface area contributed by atoms with Gasteiger partial charge in [-0.05, 0) is 20.8 Å². The minimum Gasteiger partial charge on any atom is -0.372 e. The maximum absolute atomic E-state index is 12.5. The first-order valence-electron chi connectivity index (χ1n) is 8.13. The summed E-state index contributed by atoms with van der Waals surface area (Å²) in [6.07, 6.45) is 3.50. The van der Waals surface area contributed by atoms with Gasteiger partial charge in [0.25, 0.3) is 0 Å². The lowest BCUT2D eigenvalue weighted by Gasteiger charge is -2.35. The van der Waals surface area contributed by atoms with E-state index in [4.69, 9.17) is 16.3 Å². The lowest BCUT2D eigenvalue weighted by Crippen LogP contribution is -2.49. The first kappa shape index (κ1) is 17.6. The number of anilines is 2. The molecule has 9 heteroatoms. The summed E-state index contributed by atoms with van der Waals surface area (Å²) in [4.78, 5) is 22.6. The first-order chi connectivity index (χ1) is 11.9. The van der Waals surface area contributed by atoms with Crippen LogP contribution in [0.25, 0.3) is 0 Å². The van der Waals surface area contributed by atoms with Crippen LogP contribution >= 0.6 is 11.6 Å². The smallest absolute Gasteiger partial charge is 0.244 e. The number of rotatable bonds is 4. The number of hydrogen-bond acceptors (Lipinski definition) is 6. The standard InChI is InChI=1S/C16H21ClN6O2/c1-10-6-22(7-11(2)25-10)16(24)9-23-8-13(5-18-23)21-15-4-14(17)19-12(3)20-15/h4-5,8,10-11H,6-7,9H2,1-3H3,(H,19,20,21). The number of aryl methyl sites for hydroxylation is 1. The van der Waals surface area contributed by atoms with E-state index in [-0.39, 0.29) is 24.7 Å². The second kappa shape index (κ2) is 7.37. The number of amides is 1. The molecular formula is C16H21ClN6O2. The molecule has 1 fully saturated rings. The quantitative estimate of drug-likeness (QED) is 0.835. The van der Waals surface area contributed by atoms with Crippen molar-refractivity contribution in [1.29, 1.82) is 0 Å². The van der Waals surface area contributed by atoms with Gasteiger partial charge < -0.3 is 15.0 Å². The van der Waals surface area contributed by atoms with E-state index in [1.165, 1.54) is 0 Å². The van der Waals surface area contributed by atoms with Gasteiger partial charge in [0, 0.05) is 25.4 Å². The lowest BCUT2D eigenvalue weighted by atomic mass is 10.2. The van der Waals surface area contributed by atoms with Crippen molar-refractivity contribution in [3.05, 3.63) is 29.4 Å². The summed E-state index contributed by atoms with van der Waals surface area (Å²) in [5.41, 5.74) is 0.727. The summed E-state index contributed by atoms with van der Waals surface area (Å²) in [6, 6.07) is 1.63. The van der Waals surface area contributed by atoms with Crippen LogP contribution in [0.4, 0.5) is 11.5 Å². The minimum absolute atomic E-state index is 0.0255. The molecule has 0 spiro atoms. The van der Waals surface area contributed by atoms with Crippen LogP contribution < -0.4 is 5.32 Å². The molecule has 2 aromatic rings. The van der Waals surface area contributed by atoms with Crippen molar-refractivity contribution >= 4 is 29.0 Å². The molecule has 0 aliphatic carbocycles. The molecule has 8 nitrogen and oxygen atoms in total. The molecule has 1 saturated heterocycles. The monoisotopic (exact) mass is 364 g/mol. The van der Waals surface area contributed by atoms with Crippen molar-refractivity contribution in [2.45, 2.75) is 39.5 Å². The molecule has 1 N–H and O–H groups in total. The Morgan fingerprint density at radius 2 is 2.08 bits per heavy atom. The number of nitrogens with zero attached hydrogens (tertiary/aromatic N) is 5. The third-order valence-electron chi connectivity index (χ3n) is 3.78. The van der Waals surface area contributed by atoms with Gasteiger partial charge in [0.15, 0.2) is 0 Å². The molecule has 134 valence electrons. The van der Waals surface area contributed by atoms with Gasteiger partial charge in [0.1, 0.15) is 23.3 Å². The number of morpholine rings is 1. The Hall–Kier alpha value is -2.19. The molecule has 2 unspecified atom stereocenters. The van der Waals surface area contributed by atoms with Gasteiger partial charge in [-0.15, -0.1) is 0 Å². The highest BCUT2D eigenvalue weighted by molar-refractivity contribution is 6.29. The van der Waals surface area contributed by atoms with Crippen molar-refractivity contribution in [3.8, 4) is 0 Å². The maximum Gasteiger partial charge on any atom is 0.244 e. The van der Waals surface area contributed by atoms with Crippen molar-refractivity contribution < 1.29 is 9.53 Å². The van der Waals surface area contributed by atoms with Gasteiger partial charge in [-0.2, -0.15) is 5.10 Å². The van der Waals surface area contributed by atoms with Crippen LogP contribution in [0.3, 0.4) is 0 Å². The van der Waals surface area contributed by atoms with Crippen LogP contribution in [0.2, 0.25) is 5.15 Å². The molecular weight excluding hydrogens is 344 g/mol. The van der Waals surface area contributed by atoms with Gasteiger partial charge >= 0.3 is 0 Å². The molecule has 2 aromatic heterocycles. The summed E-state index contributed by atoms with van der Waals surface area (Å²) in [6.45, 7) is 7.11. The molecule has 3 heterocycles. The molecule has 2 atom stereocenters. The summed E-state index contributed by atoms with van der Waals surface area (Å²) in [5, 5.41) is 7.71. The summed E-state index contributed by atoms with van der Waals surface area (Å²) in [7, 11) is 0. The Bertz CT molecular complexity index is 735. The molecule has 0 saturated carbocycles. The molecule has 25 heavy (non-hydrogen) atoms. The second-order valence-corrected chi connectivity index (χ2v) is 6.62. The first-order valence-corrected chi connectivity index (χ1v) is 8.51. The van der Waals surface area contributed by atoms with E-state index < -0.39 is 0 Å². The summed E-state index contributed by atoms with van der Waals surface area (Å²) in [5.74, 6) is 1.19. The second-order valence-electron chi connectivity index (χ2n) is 6.23. The third-order valence-corrected chi connectivity index (χ3v) is 3.98. The Labute approximate surface area is 151 Å². The Kier molecular flexibility index (Phi) is 5.19. The molecule has 0 aromatic carbocycles. The average molecular weight is 365 g/mol. The Balaban J connectivity index is 1.62. The summed E-state index contributed by atoms with van der Waals surface area (Å²) >= 11 is 5.93. The van der Waals surface area contributed by atoms with E-state index in [1.807, 2.05) is 18.7 Å². The average Bonchev–Trinajstić information content (AvgIpc) is 2.92. The zero-order chi connectivity index (χ0) is 18.0. The number of hydrogen-bond donors (Lipinski definition) is 1. The zero-order valence-corrected chi connectivity index (χ0v) is 15.2. The fourth-order valence-corrected chi connectivity index (χ4v) is 3.10. The maximum atomic E-state index is 12.5. The van der Waals surface area contributed by atoms with Crippen LogP contribution in [0, 0.1) is 6.92 Å². The molecule has 1 aliphatic rings. The largest absolute Gasteiger partial charge is 0.372 e. The SMILES string of the molecule is Cc1nc(Cl)cc(Nc2cnn(CC(=O)N3CC(C)OC(C)C3)c2)n1. The highest BCUT2D eigenvalue weighted by Crippen LogP contribution is 2.17. The number of carbonyl (C=O) groups excluding carboxylic acids is 1. The molecule has 1 aliphatic heterocycles. The van der Waals surface area contributed by atoms with Gasteiger partial charge in [-0.1, -0.05) is 11.6 Å². The van der Waals surface area contributed by atoms with Gasteiger partial charge in [0.2, 0.25) is 5.91 Å². The van der Waals surface area contributed by atoms with Crippen LogP contribution in [0.1, 0.15) is 19.7 Å². The predicted octanol–water partition coefficient (Wildman–Crippen LogP) is 2.01. The minimum atomic E-state index is 0.0255. The van der Waals surface area contributed by atoms with E-state index >= 15 is 0 Å². The topological polar surface area (TPSA) is 85.2 Å². The van der Waals surface area contributed by atoms with Crippen molar-refractivity contribution in [3.63, 3.8) is 0 Å². The fourth-order valence-electron chi connectivity index (χ4n) is 2.88. The van der Waals surface area contributed by atoms with E-state index in [9.17, 15) is 4.79 Å². The molecule has 0 radical (unpaired) electrons. The Morgan fingerprint density at radius 3 is 2.76 bits per heavy atom. The van der Waals surface area contributed by atoms with E-state index in [0.717, 1.165) is 5.69 Å². The number of carbonyl (C=O) groups is 1. The zero-order valence-electron chi connectivity index (χ0n) is 14.4. The number of nitrogens with one attached hydrogen (secondary N) is 1. The van der Waals surface area contributed by atoms with Crippen LogP contribution in [-0.2, 0) is 16.1 Å². The van der Waals surface area contributed by atoms with Crippen LogP contribution in [-0.4, -0.2) is 55.9 Å². The molecule has 3 rings (SSSR count). The fraction of sp³-hybridized carbons (Fsp3) is 0.500. The van der Waals surface area contributed by atoms with Crippen molar-refractivity contribution in [2.24, 2.45) is 0 Å².